The van der Waals surface area contributed by atoms with Crippen molar-refractivity contribution in [3.05, 3.63) is 82.2 Å². The minimum Gasteiger partial charge on any atom is -0.369 e. The van der Waals surface area contributed by atoms with Crippen molar-refractivity contribution in [2.45, 2.75) is 20.4 Å². The molecule has 0 radical (unpaired) electrons. The highest BCUT2D eigenvalue weighted by Crippen LogP contribution is 2.34. The van der Waals surface area contributed by atoms with E-state index < -0.39 is 0 Å². The maximum absolute atomic E-state index is 12.7. The predicted molar refractivity (Wildman–Crippen MR) is 122 cm³/mol. The van der Waals surface area contributed by atoms with Gasteiger partial charge < -0.3 is 10.2 Å². The molecule has 3 aromatic rings. The second-order valence-corrected chi connectivity index (χ2v) is 8.73. The molecule has 1 aromatic heterocycles. The lowest BCUT2D eigenvalue weighted by molar-refractivity contribution is 0.102. The Kier molecular flexibility index (Phi) is 5.97. The summed E-state index contributed by atoms with van der Waals surface area (Å²) >= 11 is 1.68. The van der Waals surface area contributed by atoms with E-state index in [0.717, 1.165) is 37.7 Å². The molecule has 1 fully saturated rings. The summed E-state index contributed by atoms with van der Waals surface area (Å²) in [4.78, 5) is 18.9. The van der Waals surface area contributed by atoms with E-state index in [1.807, 2.05) is 30.3 Å². The first-order chi connectivity index (χ1) is 14.1. The van der Waals surface area contributed by atoms with Crippen molar-refractivity contribution >= 4 is 27.9 Å². The van der Waals surface area contributed by atoms with Gasteiger partial charge in [-0.2, -0.15) is 0 Å². The lowest BCUT2D eigenvalue weighted by Crippen LogP contribution is -2.46. The summed E-state index contributed by atoms with van der Waals surface area (Å²) in [5.41, 5.74) is 4.54. The first-order valence-electron chi connectivity index (χ1n) is 10.1. The van der Waals surface area contributed by atoms with E-state index in [0.29, 0.717) is 5.56 Å². The van der Waals surface area contributed by atoms with Gasteiger partial charge >= 0.3 is 0 Å². The number of amides is 1. The number of nitrogens with zero attached hydrogens (tertiary/aromatic N) is 2. The molecule has 5 heteroatoms. The Hall–Kier alpha value is -2.63. The molecule has 0 unspecified atom stereocenters. The number of hydrogen-bond acceptors (Lipinski definition) is 4. The molecule has 4 nitrogen and oxygen atoms in total. The average molecular weight is 406 g/mol. The zero-order valence-electron chi connectivity index (χ0n) is 17.0. The molecule has 0 aliphatic carbocycles. The van der Waals surface area contributed by atoms with Crippen molar-refractivity contribution in [1.29, 1.82) is 0 Å². The van der Waals surface area contributed by atoms with Gasteiger partial charge in [0.15, 0.2) is 0 Å². The van der Waals surface area contributed by atoms with Gasteiger partial charge in [0.05, 0.1) is 0 Å². The Morgan fingerprint density at radius 2 is 1.55 bits per heavy atom. The van der Waals surface area contributed by atoms with Gasteiger partial charge in [-0.1, -0.05) is 36.4 Å². The van der Waals surface area contributed by atoms with Crippen LogP contribution in [0.5, 0.6) is 0 Å². The van der Waals surface area contributed by atoms with Gasteiger partial charge in [0.25, 0.3) is 5.91 Å². The van der Waals surface area contributed by atoms with Crippen LogP contribution in [0.2, 0.25) is 0 Å². The zero-order chi connectivity index (χ0) is 20.2. The van der Waals surface area contributed by atoms with Crippen molar-refractivity contribution < 1.29 is 4.79 Å². The van der Waals surface area contributed by atoms with E-state index in [1.165, 1.54) is 21.7 Å². The molecular formula is C24H27N3OS. The molecule has 0 saturated carbocycles. The maximum Gasteiger partial charge on any atom is 0.256 e. The monoisotopic (exact) mass is 405 g/mol. The molecule has 150 valence electrons. The predicted octanol–water partition coefficient (Wildman–Crippen LogP) is 4.94. The highest BCUT2D eigenvalue weighted by atomic mass is 32.1. The Balaban J connectivity index is 1.43. The van der Waals surface area contributed by atoms with Gasteiger partial charge in [-0.15, -0.1) is 11.3 Å². The molecule has 29 heavy (non-hydrogen) atoms. The van der Waals surface area contributed by atoms with Crippen LogP contribution in [0.4, 0.5) is 10.7 Å². The largest absolute Gasteiger partial charge is 0.369 e. The van der Waals surface area contributed by atoms with E-state index in [1.54, 1.807) is 11.3 Å². The van der Waals surface area contributed by atoms with Gasteiger partial charge in [0.2, 0.25) is 0 Å². The van der Waals surface area contributed by atoms with Crippen LogP contribution in [-0.4, -0.2) is 37.0 Å². The number of carbonyl (C=O) groups excluding carboxylic acids is 1. The Labute approximate surface area is 176 Å². The van der Waals surface area contributed by atoms with Crippen LogP contribution >= 0.6 is 11.3 Å². The number of piperazine rings is 1. The fraction of sp³-hybridized carbons (Fsp3) is 0.292. The van der Waals surface area contributed by atoms with Crippen molar-refractivity contribution in [3.63, 3.8) is 0 Å². The minimum absolute atomic E-state index is 0.0398. The molecule has 0 atom stereocenters. The summed E-state index contributed by atoms with van der Waals surface area (Å²) in [5, 5.41) is 4.14. The van der Waals surface area contributed by atoms with Crippen LogP contribution in [0.15, 0.2) is 60.7 Å². The van der Waals surface area contributed by atoms with Crippen LogP contribution in [0.3, 0.4) is 0 Å². The van der Waals surface area contributed by atoms with Crippen LogP contribution < -0.4 is 10.2 Å². The normalized spacial score (nSPS) is 14.8. The number of aryl methyl sites for hydroxylation is 1. The van der Waals surface area contributed by atoms with E-state index >= 15 is 0 Å². The molecule has 0 spiro atoms. The van der Waals surface area contributed by atoms with E-state index in [4.69, 9.17) is 0 Å². The summed E-state index contributed by atoms with van der Waals surface area (Å²) in [6.07, 6.45) is 0. The topological polar surface area (TPSA) is 35.6 Å². The molecule has 1 amide bonds. The second-order valence-electron chi connectivity index (χ2n) is 7.51. The molecule has 1 saturated heterocycles. The average Bonchev–Trinajstić information content (AvgIpc) is 3.03. The number of nitrogens with one attached hydrogen (secondary N) is 1. The third-order valence-electron chi connectivity index (χ3n) is 5.65. The van der Waals surface area contributed by atoms with Gasteiger partial charge in [-0.25, -0.2) is 0 Å². The van der Waals surface area contributed by atoms with Crippen molar-refractivity contribution in [3.8, 4) is 0 Å². The zero-order valence-corrected chi connectivity index (χ0v) is 17.8. The van der Waals surface area contributed by atoms with Gasteiger partial charge in [-0.05, 0) is 43.7 Å². The van der Waals surface area contributed by atoms with Crippen LogP contribution in [0.25, 0.3) is 0 Å². The number of carbonyl (C=O) groups is 1. The first-order valence-corrected chi connectivity index (χ1v) is 10.9. The van der Waals surface area contributed by atoms with Crippen LogP contribution in [0, 0.1) is 13.8 Å². The summed E-state index contributed by atoms with van der Waals surface area (Å²) in [6, 6.07) is 20.0. The Morgan fingerprint density at radius 3 is 2.21 bits per heavy atom. The molecule has 2 aromatic carbocycles. The SMILES string of the molecule is Cc1sc(NC(=O)c2ccccc2)c(CN2CCN(c3ccccc3)CC2)c1C. The van der Waals surface area contributed by atoms with Crippen LogP contribution in [-0.2, 0) is 6.54 Å². The summed E-state index contributed by atoms with van der Waals surface area (Å²) < 4.78 is 0. The molecule has 1 aliphatic heterocycles. The quantitative estimate of drug-likeness (QED) is 0.653. The first kappa shape index (κ1) is 19.7. The standard InChI is InChI=1S/C24H27N3OS/c1-18-19(2)29-24(25-23(28)20-9-5-3-6-10-20)22(18)17-26-13-15-27(16-14-26)21-11-7-4-8-12-21/h3-12H,13-17H2,1-2H3,(H,25,28). The molecule has 2 heterocycles. The summed E-state index contributed by atoms with van der Waals surface area (Å²) in [5.74, 6) is -0.0398. The highest BCUT2D eigenvalue weighted by Gasteiger charge is 2.22. The number of anilines is 2. The molecule has 4 rings (SSSR count). The lowest BCUT2D eigenvalue weighted by Gasteiger charge is -2.36. The van der Waals surface area contributed by atoms with Gasteiger partial charge in [0.1, 0.15) is 5.00 Å². The van der Waals surface area contributed by atoms with Gasteiger partial charge in [-0.3, -0.25) is 9.69 Å². The van der Waals surface area contributed by atoms with Gasteiger partial charge in [0, 0.05) is 54.4 Å². The number of hydrogen-bond donors (Lipinski definition) is 1. The number of para-hydroxylation sites is 1. The molecule has 1 N–H and O–H groups in total. The van der Waals surface area contributed by atoms with Crippen molar-refractivity contribution in [2.24, 2.45) is 0 Å². The maximum atomic E-state index is 12.7. The second kappa shape index (κ2) is 8.80. The fourth-order valence-corrected chi connectivity index (χ4v) is 4.82. The highest BCUT2D eigenvalue weighted by molar-refractivity contribution is 7.16. The van der Waals surface area contributed by atoms with Crippen molar-refractivity contribution in [1.82, 2.24) is 4.90 Å². The van der Waals surface area contributed by atoms with E-state index in [-0.39, 0.29) is 5.91 Å². The Morgan fingerprint density at radius 1 is 0.931 bits per heavy atom. The molecule has 0 bridgehead atoms. The minimum atomic E-state index is -0.0398. The van der Waals surface area contributed by atoms with E-state index in [2.05, 4.69) is 59.3 Å². The number of benzene rings is 2. The Bertz CT molecular complexity index is 961. The summed E-state index contributed by atoms with van der Waals surface area (Å²) in [7, 11) is 0. The number of rotatable bonds is 5. The van der Waals surface area contributed by atoms with Crippen molar-refractivity contribution in [2.75, 3.05) is 36.4 Å². The third-order valence-corrected chi connectivity index (χ3v) is 6.81. The summed E-state index contributed by atoms with van der Waals surface area (Å²) in [6.45, 7) is 9.28. The number of thiophene rings is 1. The third kappa shape index (κ3) is 4.52. The molecule has 1 aliphatic rings. The van der Waals surface area contributed by atoms with E-state index in [9.17, 15) is 4.79 Å². The van der Waals surface area contributed by atoms with Crippen LogP contribution in [0.1, 0.15) is 26.4 Å². The molecular weight excluding hydrogens is 378 g/mol. The smallest absolute Gasteiger partial charge is 0.256 e. The lowest BCUT2D eigenvalue weighted by atomic mass is 10.1. The fourth-order valence-electron chi connectivity index (χ4n) is 3.76.